The summed E-state index contributed by atoms with van der Waals surface area (Å²) in [7, 11) is 4.17. The van der Waals surface area contributed by atoms with E-state index in [1.54, 1.807) is 0 Å². The van der Waals surface area contributed by atoms with Crippen LogP contribution in [0.4, 0.5) is 0 Å². The van der Waals surface area contributed by atoms with Gasteiger partial charge in [0.05, 0.1) is 6.61 Å². The summed E-state index contributed by atoms with van der Waals surface area (Å²) < 4.78 is 5.27. The van der Waals surface area contributed by atoms with Gasteiger partial charge in [0.2, 0.25) is 0 Å². The number of nitrogens with one attached hydrogen (secondary N) is 1. The molecule has 2 atom stereocenters. The fourth-order valence-electron chi connectivity index (χ4n) is 2.72. The number of carbonyl (C=O) groups excluding carboxylic acids is 1. The van der Waals surface area contributed by atoms with Crippen molar-refractivity contribution in [3.8, 4) is 0 Å². The monoisotopic (exact) mass is 240 g/mol. The molecule has 2 rings (SSSR count). The molecule has 0 heterocycles. The number of ether oxygens (including phenoxy) is 1. The molecule has 0 aromatic heterocycles. The van der Waals surface area contributed by atoms with Crippen molar-refractivity contribution in [2.45, 2.75) is 56.7 Å². The number of esters is 1. The van der Waals surface area contributed by atoms with E-state index in [0.29, 0.717) is 18.7 Å². The maximum Gasteiger partial charge on any atom is 0.326 e. The van der Waals surface area contributed by atoms with Crippen LogP contribution in [0.3, 0.4) is 0 Å². The molecular weight excluding hydrogens is 216 g/mol. The highest BCUT2D eigenvalue weighted by Gasteiger charge is 2.49. The molecule has 0 radical (unpaired) electrons. The highest BCUT2D eigenvalue weighted by Crippen LogP contribution is 2.36. The van der Waals surface area contributed by atoms with Crippen LogP contribution in [0.2, 0.25) is 0 Å². The number of rotatable bonds is 5. The van der Waals surface area contributed by atoms with Crippen molar-refractivity contribution in [1.29, 1.82) is 0 Å². The van der Waals surface area contributed by atoms with Crippen LogP contribution in [0.15, 0.2) is 0 Å². The van der Waals surface area contributed by atoms with Crippen LogP contribution in [0, 0.1) is 0 Å². The Morgan fingerprint density at radius 2 is 2.12 bits per heavy atom. The molecule has 17 heavy (non-hydrogen) atoms. The molecule has 1 N–H and O–H groups in total. The van der Waals surface area contributed by atoms with E-state index in [-0.39, 0.29) is 5.97 Å². The summed E-state index contributed by atoms with van der Waals surface area (Å²) in [4.78, 5) is 14.4. The number of nitrogens with zero attached hydrogens (tertiary/aromatic N) is 1. The van der Waals surface area contributed by atoms with E-state index in [9.17, 15) is 4.79 Å². The van der Waals surface area contributed by atoms with Crippen LogP contribution in [-0.4, -0.2) is 49.2 Å². The minimum atomic E-state index is -0.411. The van der Waals surface area contributed by atoms with Gasteiger partial charge in [-0.2, -0.15) is 0 Å². The fourth-order valence-corrected chi connectivity index (χ4v) is 2.72. The molecule has 0 bridgehead atoms. The van der Waals surface area contributed by atoms with Crippen molar-refractivity contribution in [1.82, 2.24) is 10.2 Å². The number of hydrogen-bond donors (Lipinski definition) is 1. The van der Waals surface area contributed by atoms with Crippen LogP contribution < -0.4 is 5.32 Å². The van der Waals surface area contributed by atoms with Crippen LogP contribution >= 0.6 is 0 Å². The van der Waals surface area contributed by atoms with E-state index in [1.165, 1.54) is 12.8 Å². The van der Waals surface area contributed by atoms with Crippen molar-refractivity contribution in [2.75, 3.05) is 20.7 Å². The van der Waals surface area contributed by atoms with Gasteiger partial charge in [-0.25, -0.2) is 0 Å². The first-order valence-electron chi connectivity index (χ1n) is 6.69. The second kappa shape index (κ2) is 4.94. The lowest BCUT2D eigenvalue weighted by Gasteiger charge is -2.29. The lowest BCUT2D eigenvalue weighted by atomic mass is 9.97. The van der Waals surface area contributed by atoms with Crippen molar-refractivity contribution >= 4 is 5.97 Å². The average molecular weight is 240 g/mol. The normalized spacial score (nSPS) is 33.1. The maximum atomic E-state index is 12.2. The molecule has 0 spiro atoms. The molecule has 2 saturated carbocycles. The lowest BCUT2D eigenvalue weighted by molar-refractivity contribution is -0.151. The summed E-state index contributed by atoms with van der Waals surface area (Å²) in [6.07, 6.45) is 5.27. The molecule has 0 aliphatic heterocycles. The molecule has 2 unspecified atom stereocenters. The Balaban J connectivity index is 2.05. The Bertz CT molecular complexity index is 289. The van der Waals surface area contributed by atoms with E-state index < -0.39 is 5.54 Å². The zero-order chi connectivity index (χ0) is 12.5. The molecule has 2 aliphatic carbocycles. The average Bonchev–Trinajstić information content (AvgIpc) is 2.95. The van der Waals surface area contributed by atoms with Gasteiger partial charge in [-0.05, 0) is 53.1 Å². The summed E-state index contributed by atoms with van der Waals surface area (Å²) in [6.45, 7) is 2.35. The fraction of sp³-hybridized carbons (Fsp3) is 0.923. The molecule has 0 saturated heterocycles. The molecule has 0 aromatic carbocycles. The predicted octanol–water partition coefficient (Wildman–Crippen LogP) is 1.15. The first-order valence-corrected chi connectivity index (χ1v) is 6.69. The molecule has 2 aliphatic rings. The molecule has 2 fully saturated rings. The largest absolute Gasteiger partial charge is 0.465 e. The third-order valence-electron chi connectivity index (χ3n) is 3.94. The SMILES string of the molecule is CCOC(=O)C1(NC2CC2)CCC(N(C)C)C1. The lowest BCUT2D eigenvalue weighted by Crippen LogP contribution is -2.53. The smallest absolute Gasteiger partial charge is 0.326 e. The van der Waals surface area contributed by atoms with Crippen LogP contribution in [0.1, 0.15) is 39.0 Å². The Morgan fingerprint density at radius 1 is 1.41 bits per heavy atom. The van der Waals surface area contributed by atoms with Gasteiger partial charge >= 0.3 is 5.97 Å². The van der Waals surface area contributed by atoms with E-state index in [2.05, 4.69) is 24.3 Å². The van der Waals surface area contributed by atoms with E-state index in [4.69, 9.17) is 4.74 Å². The second-order valence-electron chi connectivity index (χ2n) is 5.58. The van der Waals surface area contributed by atoms with Gasteiger partial charge in [-0.3, -0.25) is 10.1 Å². The van der Waals surface area contributed by atoms with Gasteiger partial charge < -0.3 is 9.64 Å². The Labute approximate surface area is 104 Å². The molecule has 4 nitrogen and oxygen atoms in total. The highest BCUT2D eigenvalue weighted by atomic mass is 16.5. The minimum Gasteiger partial charge on any atom is -0.465 e. The Hall–Kier alpha value is -0.610. The van der Waals surface area contributed by atoms with Gasteiger partial charge in [0.15, 0.2) is 0 Å². The zero-order valence-electron chi connectivity index (χ0n) is 11.2. The summed E-state index contributed by atoms with van der Waals surface area (Å²) in [5, 5.41) is 3.53. The summed E-state index contributed by atoms with van der Waals surface area (Å²) in [5.74, 6) is -0.0451. The van der Waals surface area contributed by atoms with Gasteiger partial charge in [0.1, 0.15) is 5.54 Å². The van der Waals surface area contributed by atoms with E-state index >= 15 is 0 Å². The van der Waals surface area contributed by atoms with Crippen molar-refractivity contribution in [3.05, 3.63) is 0 Å². The van der Waals surface area contributed by atoms with Gasteiger partial charge in [-0.15, -0.1) is 0 Å². The topological polar surface area (TPSA) is 41.6 Å². The number of hydrogen-bond acceptors (Lipinski definition) is 4. The molecule has 98 valence electrons. The van der Waals surface area contributed by atoms with Crippen molar-refractivity contribution in [3.63, 3.8) is 0 Å². The third kappa shape index (κ3) is 2.80. The van der Waals surface area contributed by atoms with Crippen LogP contribution in [0.25, 0.3) is 0 Å². The molecule has 0 amide bonds. The number of carbonyl (C=O) groups is 1. The highest BCUT2D eigenvalue weighted by molar-refractivity contribution is 5.81. The van der Waals surface area contributed by atoms with Crippen LogP contribution in [0.5, 0.6) is 0 Å². The molecular formula is C13H24N2O2. The summed E-state index contributed by atoms with van der Waals surface area (Å²) in [5.41, 5.74) is -0.411. The van der Waals surface area contributed by atoms with Crippen LogP contribution in [-0.2, 0) is 9.53 Å². The van der Waals surface area contributed by atoms with Gasteiger partial charge in [0, 0.05) is 12.1 Å². The maximum absolute atomic E-state index is 12.2. The Morgan fingerprint density at radius 3 is 2.59 bits per heavy atom. The zero-order valence-corrected chi connectivity index (χ0v) is 11.2. The molecule has 0 aromatic rings. The van der Waals surface area contributed by atoms with Gasteiger partial charge in [-0.1, -0.05) is 0 Å². The summed E-state index contributed by atoms with van der Waals surface area (Å²) in [6, 6.07) is 1.03. The van der Waals surface area contributed by atoms with Crippen molar-refractivity contribution in [2.24, 2.45) is 0 Å². The van der Waals surface area contributed by atoms with Gasteiger partial charge in [0.25, 0.3) is 0 Å². The van der Waals surface area contributed by atoms with E-state index in [0.717, 1.165) is 19.3 Å². The predicted molar refractivity (Wildman–Crippen MR) is 66.8 cm³/mol. The standard InChI is InChI=1S/C13H24N2O2/c1-4-17-12(16)13(14-10-5-6-10)8-7-11(9-13)15(2)3/h10-11,14H,4-9H2,1-3H3. The summed E-state index contributed by atoms with van der Waals surface area (Å²) >= 11 is 0. The third-order valence-corrected chi connectivity index (χ3v) is 3.94. The van der Waals surface area contributed by atoms with Crippen molar-refractivity contribution < 1.29 is 9.53 Å². The quantitative estimate of drug-likeness (QED) is 0.732. The Kier molecular flexibility index (Phi) is 3.73. The first-order chi connectivity index (χ1) is 8.07. The molecule has 4 heteroatoms. The van der Waals surface area contributed by atoms with E-state index in [1.807, 2.05) is 6.92 Å². The second-order valence-corrected chi connectivity index (χ2v) is 5.58. The minimum absolute atomic E-state index is 0.0451. The first kappa shape index (κ1) is 12.8.